The number of rotatable bonds is 7. The fourth-order valence-electron chi connectivity index (χ4n) is 2.11. The van der Waals surface area contributed by atoms with E-state index in [4.69, 9.17) is 8.83 Å². The van der Waals surface area contributed by atoms with E-state index in [1.165, 1.54) is 12.5 Å². The zero-order valence-electron chi connectivity index (χ0n) is 13.6. The van der Waals surface area contributed by atoms with Crippen LogP contribution in [0.3, 0.4) is 0 Å². The lowest BCUT2D eigenvalue weighted by Gasteiger charge is -2.21. The van der Waals surface area contributed by atoms with Gasteiger partial charge in [0.15, 0.2) is 11.5 Å². The van der Waals surface area contributed by atoms with Gasteiger partial charge in [0.1, 0.15) is 0 Å². The highest BCUT2D eigenvalue weighted by atomic mass is 16.4. The van der Waals surface area contributed by atoms with Crippen LogP contribution < -0.4 is 10.9 Å². The molecule has 0 amide bonds. The van der Waals surface area contributed by atoms with E-state index in [1.807, 2.05) is 23.9 Å². The molecule has 0 saturated carbocycles. The van der Waals surface area contributed by atoms with Gasteiger partial charge in [-0.2, -0.15) is 0 Å². The number of hydrogen-bond acceptors (Lipinski definition) is 8. The summed E-state index contributed by atoms with van der Waals surface area (Å²) in [4.78, 5) is 26.4. The van der Waals surface area contributed by atoms with Crippen LogP contribution in [0.25, 0.3) is 0 Å². The maximum Gasteiger partial charge on any atom is 0.226 e. The van der Waals surface area contributed by atoms with Crippen molar-refractivity contribution in [3.63, 3.8) is 0 Å². The summed E-state index contributed by atoms with van der Waals surface area (Å²) in [6.07, 6.45) is 2.50. The second-order valence-electron chi connectivity index (χ2n) is 5.59. The summed E-state index contributed by atoms with van der Waals surface area (Å²) < 4.78 is 10.3. The predicted octanol–water partition coefficient (Wildman–Crippen LogP) is 0.568. The van der Waals surface area contributed by atoms with Gasteiger partial charge in [-0.05, 0) is 14.1 Å². The molecule has 8 nitrogen and oxygen atoms in total. The molecule has 8 heteroatoms. The Morgan fingerprint density at radius 2 is 1.21 bits per heavy atom. The van der Waals surface area contributed by atoms with Crippen molar-refractivity contribution in [2.45, 2.75) is 13.1 Å². The molecule has 0 aliphatic carbocycles. The molecule has 0 atom stereocenters. The molecule has 0 radical (unpaired) electrons. The zero-order chi connectivity index (χ0) is 17.7. The van der Waals surface area contributed by atoms with Crippen LogP contribution >= 0.6 is 0 Å². The first-order valence-corrected chi connectivity index (χ1v) is 7.35. The van der Waals surface area contributed by atoms with Gasteiger partial charge in [-0.1, -0.05) is 0 Å². The third-order valence-corrected chi connectivity index (χ3v) is 3.54. The lowest BCUT2D eigenvalue weighted by Crippen LogP contribution is -2.30. The summed E-state index contributed by atoms with van der Waals surface area (Å²) in [6.45, 7) is 1.77. The van der Waals surface area contributed by atoms with E-state index in [9.17, 15) is 19.8 Å². The Balaban J connectivity index is 1.88. The Kier molecular flexibility index (Phi) is 5.78. The van der Waals surface area contributed by atoms with E-state index in [1.54, 1.807) is 0 Å². The SMILES string of the molecule is CN(CCN(C)Cc1occc(=O)c1O)Cc1occc(=O)c1O. The Morgan fingerprint density at radius 3 is 1.58 bits per heavy atom. The van der Waals surface area contributed by atoms with Crippen LogP contribution in [-0.4, -0.2) is 47.2 Å². The third kappa shape index (κ3) is 4.46. The second kappa shape index (κ2) is 7.80. The second-order valence-corrected chi connectivity index (χ2v) is 5.59. The van der Waals surface area contributed by atoms with Gasteiger partial charge < -0.3 is 19.0 Å². The molecule has 0 spiro atoms. The average Bonchev–Trinajstić information content (AvgIpc) is 2.54. The zero-order valence-corrected chi connectivity index (χ0v) is 13.6. The van der Waals surface area contributed by atoms with Crippen molar-refractivity contribution in [3.8, 4) is 11.5 Å². The van der Waals surface area contributed by atoms with Gasteiger partial charge in [0, 0.05) is 25.2 Å². The van der Waals surface area contributed by atoms with Crippen molar-refractivity contribution in [3.05, 3.63) is 56.6 Å². The summed E-state index contributed by atoms with van der Waals surface area (Å²) >= 11 is 0. The van der Waals surface area contributed by atoms with Crippen LogP contribution in [0.1, 0.15) is 11.5 Å². The van der Waals surface area contributed by atoms with Crippen molar-refractivity contribution in [2.75, 3.05) is 27.2 Å². The maximum atomic E-state index is 11.4. The highest BCUT2D eigenvalue weighted by Gasteiger charge is 2.13. The summed E-state index contributed by atoms with van der Waals surface area (Å²) in [6, 6.07) is 2.32. The van der Waals surface area contributed by atoms with E-state index in [0.717, 1.165) is 12.1 Å². The topological polar surface area (TPSA) is 107 Å². The molecule has 2 rings (SSSR count). The highest BCUT2D eigenvalue weighted by Crippen LogP contribution is 2.14. The van der Waals surface area contributed by atoms with Crippen molar-refractivity contribution < 1.29 is 19.0 Å². The van der Waals surface area contributed by atoms with Crippen molar-refractivity contribution in [2.24, 2.45) is 0 Å². The molecule has 0 fully saturated rings. The van der Waals surface area contributed by atoms with Crippen LogP contribution in [0.2, 0.25) is 0 Å². The quantitative estimate of drug-likeness (QED) is 0.755. The minimum absolute atomic E-state index is 0.208. The molecule has 0 saturated heterocycles. The van der Waals surface area contributed by atoms with Crippen LogP contribution in [0.5, 0.6) is 11.5 Å². The van der Waals surface area contributed by atoms with Crippen molar-refractivity contribution >= 4 is 0 Å². The first kappa shape index (κ1) is 17.8. The smallest absolute Gasteiger partial charge is 0.226 e. The lowest BCUT2D eigenvalue weighted by atomic mass is 10.3. The van der Waals surface area contributed by atoms with Crippen molar-refractivity contribution in [1.29, 1.82) is 0 Å². The van der Waals surface area contributed by atoms with E-state index in [-0.39, 0.29) is 36.1 Å². The molecular formula is C16H20N2O6. The molecule has 0 unspecified atom stereocenters. The van der Waals surface area contributed by atoms with Crippen LogP contribution in [0.15, 0.2) is 43.1 Å². The molecule has 2 N–H and O–H groups in total. The van der Waals surface area contributed by atoms with Crippen LogP contribution in [0, 0.1) is 0 Å². The number of nitrogens with zero attached hydrogens (tertiary/aromatic N) is 2. The lowest BCUT2D eigenvalue weighted by molar-refractivity contribution is 0.217. The molecule has 0 aliphatic heterocycles. The molecule has 2 heterocycles. The predicted molar refractivity (Wildman–Crippen MR) is 86.0 cm³/mol. The van der Waals surface area contributed by atoms with Gasteiger partial charge in [0.05, 0.1) is 25.6 Å². The summed E-state index contributed by atoms with van der Waals surface area (Å²) in [5, 5.41) is 19.3. The van der Waals surface area contributed by atoms with Crippen LogP contribution in [0.4, 0.5) is 0 Å². The fraction of sp³-hybridized carbons (Fsp3) is 0.375. The Hall–Kier alpha value is -2.58. The summed E-state index contributed by atoms with van der Waals surface area (Å²) in [7, 11) is 3.64. The number of likely N-dealkylation sites (N-methyl/N-ethyl adjacent to an activating group) is 2. The highest BCUT2D eigenvalue weighted by molar-refractivity contribution is 5.23. The van der Waals surface area contributed by atoms with Gasteiger partial charge >= 0.3 is 0 Å². The molecular weight excluding hydrogens is 316 g/mol. The molecule has 0 aromatic carbocycles. The minimum atomic E-state index is -0.476. The Labute approximate surface area is 138 Å². The Bertz CT molecular complexity index is 730. The van der Waals surface area contributed by atoms with E-state index in [2.05, 4.69) is 0 Å². The van der Waals surface area contributed by atoms with E-state index < -0.39 is 10.9 Å². The molecule has 2 aromatic heterocycles. The standard InChI is InChI=1S/C16H20N2O6/c1-17(9-13-15(21)11(19)3-7-23-13)5-6-18(2)10-14-16(22)12(20)4-8-24-14/h3-4,7-8,21-22H,5-6,9-10H2,1-2H3. The van der Waals surface area contributed by atoms with Crippen LogP contribution in [-0.2, 0) is 13.1 Å². The largest absolute Gasteiger partial charge is 0.502 e. The molecule has 0 bridgehead atoms. The van der Waals surface area contributed by atoms with Gasteiger partial charge in [0.2, 0.25) is 22.4 Å². The van der Waals surface area contributed by atoms with Gasteiger partial charge in [0.25, 0.3) is 0 Å². The summed E-state index contributed by atoms with van der Waals surface area (Å²) in [5.74, 6) is -0.346. The minimum Gasteiger partial charge on any atom is -0.502 e. The molecule has 130 valence electrons. The first-order valence-electron chi connectivity index (χ1n) is 7.35. The maximum absolute atomic E-state index is 11.4. The Morgan fingerprint density at radius 1 is 0.833 bits per heavy atom. The average molecular weight is 336 g/mol. The van der Waals surface area contributed by atoms with Crippen molar-refractivity contribution in [1.82, 2.24) is 9.80 Å². The van der Waals surface area contributed by atoms with Gasteiger partial charge in [-0.15, -0.1) is 0 Å². The number of hydrogen-bond donors (Lipinski definition) is 2. The normalized spacial score (nSPS) is 11.3. The summed E-state index contributed by atoms with van der Waals surface area (Å²) in [5.41, 5.74) is -0.951. The van der Waals surface area contributed by atoms with Gasteiger partial charge in [-0.25, -0.2) is 0 Å². The molecule has 24 heavy (non-hydrogen) atoms. The monoisotopic (exact) mass is 336 g/mol. The van der Waals surface area contributed by atoms with E-state index in [0.29, 0.717) is 13.1 Å². The first-order chi connectivity index (χ1) is 11.4. The fourth-order valence-corrected chi connectivity index (χ4v) is 2.11. The molecule has 0 aliphatic rings. The number of aromatic hydroxyl groups is 2. The third-order valence-electron chi connectivity index (χ3n) is 3.54. The molecule has 2 aromatic rings. The van der Waals surface area contributed by atoms with Gasteiger partial charge in [-0.3, -0.25) is 19.4 Å². The van der Waals surface area contributed by atoms with E-state index >= 15 is 0 Å².